The number of nitrogens with zero attached hydrogens (tertiary/aromatic N) is 4. The molecule has 0 aliphatic heterocycles. The zero-order chi connectivity index (χ0) is 25.7. The van der Waals surface area contributed by atoms with E-state index in [1.807, 2.05) is 0 Å². The lowest BCUT2D eigenvalue weighted by atomic mass is 10.1. The van der Waals surface area contributed by atoms with Gasteiger partial charge in [-0.3, -0.25) is 10.1 Å². The number of nitro groups is 1. The molecule has 11 nitrogen and oxygen atoms in total. The molecule has 0 aliphatic rings. The lowest BCUT2D eigenvalue weighted by Crippen LogP contribution is -2.09. The molecular formula is C20H15F2N5O6S2. The van der Waals surface area contributed by atoms with Gasteiger partial charge in [0.15, 0.2) is 21.5 Å². The number of nitro benzene ring substituents is 1. The summed E-state index contributed by atoms with van der Waals surface area (Å²) in [5.41, 5.74) is -1.63. The third kappa shape index (κ3) is 4.42. The Bertz CT molecular complexity index is 1740. The van der Waals surface area contributed by atoms with E-state index in [4.69, 9.17) is 0 Å². The smallest absolute Gasteiger partial charge is 0.294 e. The number of nitrogens with one attached hydrogen (secondary N) is 1. The molecule has 4 rings (SSSR count). The first kappa shape index (κ1) is 24.2. The molecule has 0 unspecified atom stereocenters. The van der Waals surface area contributed by atoms with Crippen molar-refractivity contribution >= 4 is 48.1 Å². The molecule has 0 saturated carbocycles. The molecule has 0 amide bonds. The quantitative estimate of drug-likeness (QED) is 0.296. The molecule has 0 bridgehead atoms. The van der Waals surface area contributed by atoms with Crippen LogP contribution < -0.4 is 5.32 Å². The highest BCUT2D eigenvalue weighted by molar-refractivity contribution is 7.90. The van der Waals surface area contributed by atoms with Gasteiger partial charge in [-0.2, -0.15) is 0 Å². The third-order valence-electron chi connectivity index (χ3n) is 4.93. The van der Waals surface area contributed by atoms with Crippen LogP contribution >= 0.6 is 0 Å². The van der Waals surface area contributed by atoms with Gasteiger partial charge < -0.3 is 5.32 Å². The second-order valence-corrected chi connectivity index (χ2v) is 11.3. The number of para-hydroxylation sites is 1. The molecule has 15 heteroatoms. The topological polar surface area (TPSA) is 154 Å². The summed E-state index contributed by atoms with van der Waals surface area (Å²) in [6.45, 7) is 0. The van der Waals surface area contributed by atoms with Gasteiger partial charge in [-0.05, 0) is 12.1 Å². The van der Waals surface area contributed by atoms with E-state index in [0.29, 0.717) is 3.97 Å². The monoisotopic (exact) mass is 523 g/mol. The Morgan fingerprint density at radius 1 is 1.06 bits per heavy atom. The van der Waals surface area contributed by atoms with E-state index in [1.54, 1.807) is 0 Å². The van der Waals surface area contributed by atoms with Crippen molar-refractivity contribution in [1.29, 1.82) is 0 Å². The van der Waals surface area contributed by atoms with Gasteiger partial charge in [-0.15, -0.1) is 0 Å². The number of hydrogen-bond donors (Lipinski definition) is 1. The van der Waals surface area contributed by atoms with Crippen molar-refractivity contribution in [2.45, 2.75) is 4.90 Å². The number of non-ortho nitro benzene ring substituents is 1. The van der Waals surface area contributed by atoms with E-state index in [9.17, 15) is 35.7 Å². The summed E-state index contributed by atoms with van der Waals surface area (Å²) in [6.07, 6.45) is 3.39. The van der Waals surface area contributed by atoms with Gasteiger partial charge in [0, 0.05) is 29.5 Å². The van der Waals surface area contributed by atoms with Crippen molar-refractivity contribution in [2.75, 3.05) is 17.8 Å². The molecule has 0 atom stereocenters. The normalized spacial score (nSPS) is 12.1. The Morgan fingerprint density at radius 2 is 1.74 bits per heavy atom. The molecule has 1 N–H and O–H groups in total. The van der Waals surface area contributed by atoms with Crippen molar-refractivity contribution < 1.29 is 30.5 Å². The van der Waals surface area contributed by atoms with E-state index < -0.39 is 52.7 Å². The maximum Gasteiger partial charge on any atom is 0.294 e. The predicted octanol–water partition coefficient (Wildman–Crippen LogP) is 3.24. The fraction of sp³-hybridized carbons (Fsp3) is 0.100. The molecular weight excluding hydrogens is 508 g/mol. The molecule has 2 aromatic heterocycles. The summed E-state index contributed by atoms with van der Waals surface area (Å²) in [6, 6.07) is 7.35. The number of rotatable bonds is 6. The van der Waals surface area contributed by atoms with Crippen LogP contribution in [0.4, 0.5) is 26.1 Å². The second-order valence-electron chi connectivity index (χ2n) is 7.44. The van der Waals surface area contributed by atoms with E-state index in [2.05, 4.69) is 15.3 Å². The fourth-order valence-corrected chi connectivity index (χ4v) is 5.04. The van der Waals surface area contributed by atoms with Crippen LogP contribution in [0.3, 0.4) is 0 Å². The van der Waals surface area contributed by atoms with E-state index in [1.165, 1.54) is 24.3 Å². The molecule has 2 aromatic carbocycles. The zero-order valence-electron chi connectivity index (χ0n) is 17.9. The SMILES string of the molecule is CS(=O)(=O)c1cccc(Nc2ncc(F)c(-c3cn(S(C)(=O)=O)c4c([N+](=O)[O-])cccc34)n2)c1F. The van der Waals surface area contributed by atoms with Gasteiger partial charge in [-0.25, -0.2) is 39.6 Å². The van der Waals surface area contributed by atoms with E-state index in [-0.39, 0.29) is 28.1 Å². The molecule has 2 heterocycles. The summed E-state index contributed by atoms with van der Waals surface area (Å²) < 4.78 is 78.4. The average Bonchev–Trinajstić information content (AvgIpc) is 3.15. The Morgan fingerprint density at radius 3 is 2.37 bits per heavy atom. The molecule has 0 fully saturated rings. The van der Waals surface area contributed by atoms with Crippen molar-refractivity contribution in [3.05, 3.63) is 70.5 Å². The number of sulfone groups is 1. The van der Waals surface area contributed by atoms with Crippen molar-refractivity contribution in [1.82, 2.24) is 13.9 Å². The van der Waals surface area contributed by atoms with Gasteiger partial charge in [0.05, 0.1) is 23.1 Å². The molecule has 0 spiro atoms. The average molecular weight is 523 g/mol. The summed E-state index contributed by atoms with van der Waals surface area (Å²) in [7, 11) is -7.93. The van der Waals surface area contributed by atoms with Crippen LogP contribution in [-0.4, -0.2) is 48.2 Å². The first-order chi connectivity index (χ1) is 16.3. The maximum absolute atomic E-state index is 14.8. The van der Waals surface area contributed by atoms with Crippen LogP contribution in [0.5, 0.6) is 0 Å². The molecule has 182 valence electrons. The lowest BCUT2D eigenvalue weighted by molar-refractivity contribution is -0.383. The van der Waals surface area contributed by atoms with Gasteiger partial charge in [-0.1, -0.05) is 18.2 Å². The fourth-order valence-electron chi connectivity index (χ4n) is 3.46. The number of halogens is 2. The highest BCUT2D eigenvalue weighted by Crippen LogP contribution is 2.37. The highest BCUT2D eigenvalue weighted by Gasteiger charge is 2.26. The van der Waals surface area contributed by atoms with Crippen LogP contribution in [0.15, 0.2) is 53.7 Å². The number of benzene rings is 2. The van der Waals surface area contributed by atoms with Gasteiger partial charge in [0.2, 0.25) is 16.0 Å². The van der Waals surface area contributed by atoms with Crippen LogP contribution in [-0.2, 0) is 19.9 Å². The third-order valence-corrected chi connectivity index (χ3v) is 7.05. The number of fused-ring (bicyclic) bond motifs is 1. The summed E-state index contributed by atoms with van der Waals surface area (Å²) in [5.74, 6) is -2.43. The Kier molecular flexibility index (Phi) is 5.76. The molecule has 0 aliphatic carbocycles. The molecule has 0 saturated heterocycles. The van der Waals surface area contributed by atoms with E-state index in [0.717, 1.165) is 37.0 Å². The highest BCUT2D eigenvalue weighted by atomic mass is 32.2. The summed E-state index contributed by atoms with van der Waals surface area (Å²) >= 11 is 0. The zero-order valence-corrected chi connectivity index (χ0v) is 19.6. The number of anilines is 2. The van der Waals surface area contributed by atoms with Crippen LogP contribution in [0.2, 0.25) is 0 Å². The predicted molar refractivity (Wildman–Crippen MR) is 123 cm³/mol. The van der Waals surface area contributed by atoms with Gasteiger partial charge in [0.1, 0.15) is 16.1 Å². The minimum atomic E-state index is -4.04. The first-order valence-electron chi connectivity index (χ1n) is 9.56. The number of aromatic nitrogens is 3. The number of hydrogen-bond acceptors (Lipinski definition) is 9. The minimum Gasteiger partial charge on any atom is -0.322 e. The maximum atomic E-state index is 14.8. The summed E-state index contributed by atoms with van der Waals surface area (Å²) in [4.78, 5) is 17.9. The van der Waals surface area contributed by atoms with Gasteiger partial charge in [0.25, 0.3) is 5.69 Å². The van der Waals surface area contributed by atoms with Crippen molar-refractivity contribution in [3.8, 4) is 11.3 Å². The van der Waals surface area contributed by atoms with Crippen LogP contribution in [0, 0.1) is 21.7 Å². The Balaban J connectivity index is 1.91. The standard InChI is InChI=1S/C20H15F2N5O6S2/c1-34(30,31)16-8-4-6-14(17(16)22)24-20-23-9-13(21)18(25-20)12-10-26(35(2,32)33)19-11(12)5-3-7-15(19)27(28)29/h3-10H,1-2H3,(H,23,24,25). The largest absolute Gasteiger partial charge is 0.322 e. The van der Waals surface area contributed by atoms with Gasteiger partial charge >= 0.3 is 0 Å². The lowest BCUT2D eigenvalue weighted by Gasteiger charge is -2.10. The Hall–Kier alpha value is -3.98. The molecule has 35 heavy (non-hydrogen) atoms. The van der Waals surface area contributed by atoms with Crippen molar-refractivity contribution in [2.24, 2.45) is 0 Å². The molecule has 4 aromatic rings. The second kappa shape index (κ2) is 8.35. The minimum absolute atomic E-state index is 0.0263. The summed E-state index contributed by atoms with van der Waals surface area (Å²) in [5, 5.41) is 14.0. The van der Waals surface area contributed by atoms with Crippen molar-refractivity contribution in [3.63, 3.8) is 0 Å². The van der Waals surface area contributed by atoms with Crippen LogP contribution in [0.25, 0.3) is 22.2 Å². The molecule has 0 radical (unpaired) electrons. The van der Waals surface area contributed by atoms with E-state index >= 15 is 0 Å². The Labute approximate surface area is 197 Å². The van der Waals surface area contributed by atoms with Crippen LogP contribution in [0.1, 0.15) is 0 Å². The first-order valence-corrected chi connectivity index (χ1v) is 13.3.